The fraction of sp³-hybridized carbons (Fsp3) is 0.333. The van der Waals surface area contributed by atoms with Gasteiger partial charge >= 0.3 is 0 Å². The van der Waals surface area contributed by atoms with E-state index in [-0.39, 0.29) is 23.9 Å². The number of benzene rings is 1. The van der Waals surface area contributed by atoms with Crippen LogP contribution in [0.4, 0.5) is 0 Å². The van der Waals surface area contributed by atoms with Crippen molar-refractivity contribution in [2.45, 2.75) is 31.9 Å². The molecular formula is C12H15N3O4S. The highest BCUT2D eigenvalue weighted by atomic mass is 32.2. The molecule has 2 aromatic rings. The number of aliphatic hydroxyl groups excluding tert-OH is 1. The van der Waals surface area contributed by atoms with E-state index in [0.717, 1.165) is 12.0 Å². The predicted molar refractivity (Wildman–Crippen MR) is 70.2 cm³/mol. The fourth-order valence-corrected chi connectivity index (χ4v) is 3.10. The van der Waals surface area contributed by atoms with Crippen molar-refractivity contribution >= 4 is 10.0 Å². The third kappa shape index (κ3) is 3.03. The van der Waals surface area contributed by atoms with Crippen LogP contribution < -0.4 is 4.72 Å². The second-order valence-electron chi connectivity index (χ2n) is 4.37. The number of nitrogens with zero attached hydrogens (tertiary/aromatic N) is 2. The molecule has 0 aliphatic heterocycles. The maximum atomic E-state index is 12.2. The minimum absolute atomic E-state index is 0.0550. The van der Waals surface area contributed by atoms with Crippen LogP contribution in [0.3, 0.4) is 0 Å². The van der Waals surface area contributed by atoms with Crippen LogP contribution in [0.25, 0.3) is 0 Å². The van der Waals surface area contributed by atoms with Gasteiger partial charge in [0.25, 0.3) is 0 Å². The number of sulfonamides is 1. The zero-order chi connectivity index (χ0) is 14.8. The molecular weight excluding hydrogens is 282 g/mol. The SMILES string of the molecule is Cc1cc(C)c(S(=O)(=O)NCc2ncon2)cc1CO. The molecule has 0 fully saturated rings. The van der Waals surface area contributed by atoms with E-state index >= 15 is 0 Å². The molecule has 7 nitrogen and oxygen atoms in total. The molecule has 2 N–H and O–H groups in total. The zero-order valence-corrected chi connectivity index (χ0v) is 11.9. The summed E-state index contributed by atoms with van der Waals surface area (Å²) < 4.78 is 31.4. The summed E-state index contributed by atoms with van der Waals surface area (Å²) in [4.78, 5) is 3.87. The number of hydrogen-bond donors (Lipinski definition) is 2. The summed E-state index contributed by atoms with van der Waals surface area (Å²) in [5, 5.41) is 12.8. The molecule has 0 aliphatic carbocycles. The summed E-state index contributed by atoms with van der Waals surface area (Å²) in [6.45, 7) is 3.26. The van der Waals surface area contributed by atoms with Gasteiger partial charge in [-0.2, -0.15) is 4.98 Å². The van der Waals surface area contributed by atoms with E-state index in [2.05, 4.69) is 19.4 Å². The van der Waals surface area contributed by atoms with Crippen molar-refractivity contribution in [1.29, 1.82) is 0 Å². The Morgan fingerprint density at radius 2 is 2.05 bits per heavy atom. The molecule has 0 radical (unpaired) electrons. The first-order valence-electron chi connectivity index (χ1n) is 5.90. The van der Waals surface area contributed by atoms with Crippen LogP contribution in [0, 0.1) is 13.8 Å². The summed E-state index contributed by atoms with van der Waals surface area (Å²) in [6, 6.07) is 3.21. The number of aliphatic hydroxyl groups is 1. The first-order chi connectivity index (χ1) is 9.44. The largest absolute Gasteiger partial charge is 0.392 e. The smallest absolute Gasteiger partial charge is 0.241 e. The van der Waals surface area contributed by atoms with Crippen molar-refractivity contribution in [2.24, 2.45) is 0 Å². The highest BCUT2D eigenvalue weighted by molar-refractivity contribution is 7.89. The lowest BCUT2D eigenvalue weighted by molar-refractivity contribution is 0.280. The Bertz CT molecular complexity index is 696. The van der Waals surface area contributed by atoms with Crippen molar-refractivity contribution in [2.75, 3.05) is 0 Å². The number of aromatic nitrogens is 2. The molecule has 0 bridgehead atoms. The van der Waals surface area contributed by atoms with Gasteiger partial charge in [-0.05, 0) is 36.6 Å². The molecule has 0 atom stereocenters. The van der Waals surface area contributed by atoms with Gasteiger partial charge < -0.3 is 9.63 Å². The zero-order valence-electron chi connectivity index (χ0n) is 11.1. The van der Waals surface area contributed by atoms with Crippen molar-refractivity contribution in [3.05, 3.63) is 41.0 Å². The Morgan fingerprint density at radius 3 is 2.65 bits per heavy atom. The number of nitrogens with one attached hydrogen (secondary N) is 1. The normalized spacial score (nSPS) is 11.8. The van der Waals surface area contributed by atoms with Crippen LogP contribution in [-0.2, 0) is 23.2 Å². The average Bonchev–Trinajstić information content (AvgIpc) is 2.89. The van der Waals surface area contributed by atoms with Gasteiger partial charge in [-0.1, -0.05) is 11.2 Å². The quantitative estimate of drug-likeness (QED) is 0.839. The molecule has 1 aromatic carbocycles. The average molecular weight is 297 g/mol. The maximum Gasteiger partial charge on any atom is 0.241 e. The van der Waals surface area contributed by atoms with E-state index in [1.165, 1.54) is 6.07 Å². The highest BCUT2D eigenvalue weighted by Crippen LogP contribution is 2.20. The van der Waals surface area contributed by atoms with Gasteiger partial charge in [0, 0.05) is 0 Å². The van der Waals surface area contributed by atoms with E-state index in [9.17, 15) is 13.5 Å². The van der Waals surface area contributed by atoms with E-state index in [4.69, 9.17) is 0 Å². The van der Waals surface area contributed by atoms with E-state index in [1.54, 1.807) is 13.0 Å². The molecule has 108 valence electrons. The number of aryl methyl sites for hydroxylation is 2. The van der Waals surface area contributed by atoms with E-state index < -0.39 is 10.0 Å². The first kappa shape index (κ1) is 14.6. The van der Waals surface area contributed by atoms with Crippen LogP contribution in [-0.4, -0.2) is 23.7 Å². The Kier molecular flexibility index (Phi) is 4.17. The summed E-state index contributed by atoms with van der Waals surface area (Å²) >= 11 is 0. The lowest BCUT2D eigenvalue weighted by Gasteiger charge is -2.11. The van der Waals surface area contributed by atoms with Crippen molar-refractivity contribution < 1.29 is 18.0 Å². The third-order valence-electron chi connectivity index (χ3n) is 2.92. The lowest BCUT2D eigenvalue weighted by Crippen LogP contribution is -2.24. The van der Waals surface area contributed by atoms with Crippen LogP contribution in [0.5, 0.6) is 0 Å². The minimum Gasteiger partial charge on any atom is -0.392 e. The van der Waals surface area contributed by atoms with Crippen LogP contribution in [0.15, 0.2) is 27.9 Å². The molecule has 0 aliphatic rings. The Balaban J connectivity index is 2.29. The summed E-state index contributed by atoms with van der Waals surface area (Å²) in [7, 11) is -3.70. The molecule has 1 heterocycles. The van der Waals surface area contributed by atoms with Gasteiger partial charge in [0.1, 0.15) is 0 Å². The van der Waals surface area contributed by atoms with E-state index in [0.29, 0.717) is 11.1 Å². The summed E-state index contributed by atoms with van der Waals surface area (Å²) in [5.74, 6) is 0.251. The molecule has 0 saturated carbocycles. The molecule has 20 heavy (non-hydrogen) atoms. The Morgan fingerprint density at radius 1 is 1.30 bits per heavy atom. The monoisotopic (exact) mass is 297 g/mol. The molecule has 8 heteroatoms. The summed E-state index contributed by atoms with van der Waals surface area (Å²) in [5.41, 5.74) is 2.04. The lowest BCUT2D eigenvalue weighted by atomic mass is 10.1. The minimum atomic E-state index is -3.70. The van der Waals surface area contributed by atoms with Crippen LogP contribution in [0.1, 0.15) is 22.5 Å². The van der Waals surface area contributed by atoms with E-state index in [1.807, 2.05) is 6.92 Å². The topological polar surface area (TPSA) is 105 Å². The molecule has 0 amide bonds. The van der Waals surface area contributed by atoms with Gasteiger partial charge in [-0.15, -0.1) is 0 Å². The Hall–Kier alpha value is -1.77. The van der Waals surface area contributed by atoms with Gasteiger partial charge in [-0.3, -0.25) is 0 Å². The van der Waals surface area contributed by atoms with Crippen LogP contribution in [0.2, 0.25) is 0 Å². The summed E-state index contributed by atoms with van der Waals surface area (Å²) in [6.07, 6.45) is 1.13. The molecule has 1 aromatic heterocycles. The van der Waals surface area contributed by atoms with Crippen molar-refractivity contribution in [1.82, 2.24) is 14.9 Å². The molecule has 0 saturated heterocycles. The molecule has 0 unspecified atom stereocenters. The van der Waals surface area contributed by atoms with Gasteiger partial charge in [0.2, 0.25) is 16.4 Å². The molecule has 2 rings (SSSR count). The maximum absolute atomic E-state index is 12.2. The van der Waals surface area contributed by atoms with Crippen molar-refractivity contribution in [3.8, 4) is 0 Å². The second kappa shape index (κ2) is 5.70. The number of hydrogen-bond acceptors (Lipinski definition) is 6. The Labute approximate surface area is 116 Å². The van der Waals surface area contributed by atoms with Crippen molar-refractivity contribution in [3.63, 3.8) is 0 Å². The fourth-order valence-electron chi connectivity index (χ4n) is 1.84. The van der Waals surface area contributed by atoms with Gasteiger partial charge in [0.15, 0.2) is 5.82 Å². The third-order valence-corrected chi connectivity index (χ3v) is 4.46. The highest BCUT2D eigenvalue weighted by Gasteiger charge is 2.19. The molecule has 0 spiro atoms. The second-order valence-corrected chi connectivity index (χ2v) is 6.11. The first-order valence-corrected chi connectivity index (χ1v) is 7.38. The predicted octanol–water partition coefficient (Wildman–Crippen LogP) is 0.657. The van der Waals surface area contributed by atoms with Gasteiger partial charge in [-0.25, -0.2) is 13.1 Å². The van der Waals surface area contributed by atoms with Gasteiger partial charge in [0.05, 0.1) is 18.0 Å². The standard InChI is InChI=1S/C12H15N3O4S/c1-8-3-9(2)11(4-10(8)6-16)20(17,18)14-5-12-13-7-19-15-12/h3-4,7,14,16H,5-6H2,1-2H3. The van der Waals surface area contributed by atoms with Crippen LogP contribution >= 0.6 is 0 Å². The number of rotatable bonds is 5.